The number of fused-ring (bicyclic) bond motifs is 2. The Labute approximate surface area is 196 Å². The van der Waals surface area contributed by atoms with Gasteiger partial charge in [-0.25, -0.2) is 0 Å². The van der Waals surface area contributed by atoms with Gasteiger partial charge in [-0.15, -0.1) is 0 Å². The second-order valence-electron chi connectivity index (χ2n) is 8.81. The standard InChI is InChI=1S/C29H24F3NO/c30-29(31,32)28(34,27-12-6-10-22-9-4-5-11-26(22)27)24-15-13-21-14-16-25(33-19-23(21)18-24)17-20-7-2-1-3-8-20/h1-13,15,18-19,25,34H,14,16-17H2. The minimum absolute atomic E-state index is 0.0535. The van der Waals surface area contributed by atoms with Gasteiger partial charge in [0.25, 0.3) is 0 Å². The van der Waals surface area contributed by atoms with Crippen molar-refractivity contribution in [2.75, 3.05) is 0 Å². The molecule has 0 aromatic heterocycles. The summed E-state index contributed by atoms with van der Waals surface area (Å²) in [6, 6.07) is 26.1. The Kier molecular flexibility index (Phi) is 5.74. The molecule has 5 heteroatoms. The molecule has 0 radical (unpaired) electrons. The molecule has 0 amide bonds. The van der Waals surface area contributed by atoms with Gasteiger partial charge in [0.15, 0.2) is 0 Å². The van der Waals surface area contributed by atoms with Gasteiger partial charge in [-0.3, -0.25) is 4.99 Å². The van der Waals surface area contributed by atoms with Crippen molar-refractivity contribution in [2.45, 2.75) is 37.1 Å². The second kappa shape index (κ2) is 8.73. The molecule has 4 aromatic carbocycles. The van der Waals surface area contributed by atoms with E-state index < -0.39 is 11.8 Å². The normalized spacial score (nSPS) is 17.7. The van der Waals surface area contributed by atoms with Gasteiger partial charge in [-0.2, -0.15) is 13.2 Å². The fraction of sp³-hybridized carbons (Fsp3) is 0.207. The predicted molar refractivity (Wildman–Crippen MR) is 129 cm³/mol. The van der Waals surface area contributed by atoms with Gasteiger partial charge in [0.1, 0.15) is 0 Å². The molecule has 2 unspecified atom stereocenters. The number of hydrogen-bond donors (Lipinski definition) is 1. The first-order chi connectivity index (χ1) is 16.4. The maximum absolute atomic E-state index is 14.5. The van der Waals surface area contributed by atoms with Crippen LogP contribution in [0.4, 0.5) is 13.2 Å². The van der Waals surface area contributed by atoms with Crippen molar-refractivity contribution in [3.63, 3.8) is 0 Å². The van der Waals surface area contributed by atoms with Crippen LogP contribution in [0.15, 0.2) is 96.0 Å². The fourth-order valence-electron chi connectivity index (χ4n) is 4.80. The van der Waals surface area contributed by atoms with Crippen molar-refractivity contribution < 1.29 is 18.3 Å². The van der Waals surface area contributed by atoms with Gasteiger partial charge in [-0.1, -0.05) is 84.9 Å². The summed E-state index contributed by atoms with van der Waals surface area (Å²) in [7, 11) is 0. The van der Waals surface area contributed by atoms with Crippen LogP contribution in [-0.2, 0) is 18.4 Å². The largest absolute Gasteiger partial charge is 0.425 e. The molecule has 2 nitrogen and oxygen atoms in total. The molecule has 0 aliphatic carbocycles. The van der Waals surface area contributed by atoms with Crippen molar-refractivity contribution in [1.82, 2.24) is 0 Å². The molecule has 2 atom stereocenters. The highest BCUT2D eigenvalue weighted by Gasteiger charge is 2.57. The van der Waals surface area contributed by atoms with Crippen LogP contribution in [-0.4, -0.2) is 23.5 Å². The number of nitrogens with zero attached hydrogens (tertiary/aromatic N) is 1. The van der Waals surface area contributed by atoms with Gasteiger partial charge >= 0.3 is 6.18 Å². The lowest BCUT2D eigenvalue weighted by molar-refractivity contribution is -0.247. The zero-order chi connectivity index (χ0) is 23.8. The summed E-state index contributed by atoms with van der Waals surface area (Å²) in [5.74, 6) is 0. The molecule has 0 fully saturated rings. The summed E-state index contributed by atoms with van der Waals surface area (Å²) in [6.07, 6.45) is -0.945. The highest BCUT2D eigenvalue weighted by molar-refractivity contribution is 5.87. The average molecular weight is 460 g/mol. The van der Waals surface area contributed by atoms with Crippen LogP contribution in [0, 0.1) is 0 Å². The Bertz CT molecular complexity index is 1340. The van der Waals surface area contributed by atoms with E-state index in [1.807, 2.05) is 18.2 Å². The molecule has 172 valence electrons. The Morgan fingerprint density at radius 3 is 2.38 bits per heavy atom. The van der Waals surface area contributed by atoms with Crippen molar-refractivity contribution >= 4 is 17.0 Å². The molecule has 34 heavy (non-hydrogen) atoms. The number of aryl methyl sites for hydroxylation is 1. The molecule has 0 spiro atoms. The number of hydrogen-bond acceptors (Lipinski definition) is 2. The minimum Gasteiger partial charge on any atom is -0.372 e. The summed E-state index contributed by atoms with van der Waals surface area (Å²) in [5.41, 5.74) is -0.791. The molecule has 1 heterocycles. The number of alkyl halides is 3. The number of aliphatic imine (C=N–C) groups is 1. The van der Waals surface area contributed by atoms with E-state index in [1.165, 1.54) is 23.8 Å². The van der Waals surface area contributed by atoms with Crippen LogP contribution in [0.5, 0.6) is 0 Å². The number of rotatable bonds is 4. The van der Waals surface area contributed by atoms with Gasteiger partial charge in [0, 0.05) is 11.8 Å². The number of aliphatic hydroxyl groups is 1. The highest BCUT2D eigenvalue weighted by Crippen LogP contribution is 2.46. The first-order valence-corrected chi connectivity index (χ1v) is 11.3. The molecule has 1 N–H and O–H groups in total. The molecule has 1 aliphatic rings. The van der Waals surface area contributed by atoms with Gasteiger partial charge in [0.2, 0.25) is 5.60 Å². The van der Waals surface area contributed by atoms with Crippen LogP contribution in [0.25, 0.3) is 10.8 Å². The van der Waals surface area contributed by atoms with Crippen LogP contribution in [0.2, 0.25) is 0 Å². The summed E-state index contributed by atoms with van der Waals surface area (Å²) in [5, 5.41) is 12.4. The summed E-state index contributed by atoms with van der Waals surface area (Å²) >= 11 is 0. The lowest BCUT2D eigenvalue weighted by Crippen LogP contribution is -2.43. The number of halogens is 3. The second-order valence-corrected chi connectivity index (χ2v) is 8.81. The molecular weight excluding hydrogens is 435 g/mol. The Morgan fingerprint density at radius 1 is 0.853 bits per heavy atom. The SMILES string of the molecule is OC(c1ccc2c(c1)C=NC(Cc1ccccc1)CC2)(c1cccc2ccccc12)C(F)(F)F. The smallest absolute Gasteiger partial charge is 0.372 e. The van der Waals surface area contributed by atoms with E-state index in [-0.39, 0.29) is 17.2 Å². The third-order valence-corrected chi connectivity index (χ3v) is 6.64. The van der Waals surface area contributed by atoms with E-state index >= 15 is 0 Å². The maximum Gasteiger partial charge on any atom is 0.425 e. The van der Waals surface area contributed by atoms with Crippen molar-refractivity contribution in [3.8, 4) is 0 Å². The Balaban J connectivity index is 1.56. The molecule has 0 saturated heterocycles. The molecule has 0 bridgehead atoms. The van der Waals surface area contributed by atoms with E-state index in [4.69, 9.17) is 0 Å². The van der Waals surface area contributed by atoms with Crippen LogP contribution in [0.3, 0.4) is 0 Å². The zero-order valence-corrected chi connectivity index (χ0v) is 18.5. The summed E-state index contributed by atoms with van der Waals surface area (Å²) < 4.78 is 43.6. The molecule has 5 rings (SSSR count). The Hall–Kier alpha value is -3.44. The highest BCUT2D eigenvalue weighted by atomic mass is 19.4. The third kappa shape index (κ3) is 4.01. The molecule has 0 saturated carbocycles. The van der Waals surface area contributed by atoms with E-state index in [0.29, 0.717) is 22.8 Å². The van der Waals surface area contributed by atoms with Gasteiger partial charge in [-0.05, 0) is 58.4 Å². The third-order valence-electron chi connectivity index (χ3n) is 6.64. The summed E-state index contributed by atoms with van der Waals surface area (Å²) in [4.78, 5) is 4.68. The van der Waals surface area contributed by atoms with E-state index in [0.717, 1.165) is 18.4 Å². The van der Waals surface area contributed by atoms with Crippen molar-refractivity contribution in [1.29, 1.82) is 0 Å². The predicted octanol–water partition coefficient (Wildman–Crippen LogP) is 6.61. The maximum atomic E-state index is 14.5. The molecule has 4 aromatic rings. The fourth-order valence-corrected chi connectivity index (χ4v) is 4.80. The quantitative estimate of drug-likeness (QED) is 0.366. The minimum atomic E-state index is -4.91. The summed E-state index contributed by atoms with van der Waals surface area (Å²) in [6.45, 7) is 0. The number of benzene rings is 4. The first-order valence-electron chi connectivity index (χ1n) is 11.3. The van der Waals surface area contributed by atoms with Crippen LogP contribution < -0.4 is 0 Å². The van der Waals surface area contributed by atoms with E-state index in [9.17, 15) is 18.3 Å². The van der Waals surface area contributed by atoms with Gasteiger partial charge < -0.3 is 5.11 Å². The topological polar surface area (TPSA) is 32.6 Å². The lowest BCUT2D eigenvalue weighted by Gasteiger charge is -2.33. The van der Waals surface area contributed by atoms with Crippen LogP contribution in [0.1, 0.15) is 34.2 Å². The lowest BCUT2D eigenvalue weighted by atomic mass is 9.81. The van der Waals surface area contributed by atoms with Crippen molar-refractivity contribution in [2.24, 2.45) is 4.99 Å². The molecular formula is C29H24F3NO. The van der Waals surface area contributed by atoms with Crippen molar-refractivity contribution in [3.05, 3.63) is 119 Å². The van der Waals surface area contributed by atoms with Gasteiger partial charge in [0.05, 0.1) is 6.04 Å². The zero-order valence-electron chi connectivity index (χ0n) is 18.5. The van der Waals surface area contributed by atoms with E-state index in [1.54, 1.807) is 48.7 Å². The monoisotopic (exact) mass is 459 g/mol. The average Bonchev–Trinajstić information content (AvgIpc) is 3.05. The first kappa shape index (κ1) is 22.4. The Morgan fingerprint density at radius 2 is 1.59 bits per heavy atom. The molecule has 1 aliphatic heterocycles. The van der Waals surface area contributed by atoms with E-state index in [2.05, 4.69) is 17.1 Å². The van der Waals surface area contributed by atoms with Crippen LogP contribution >= 0.6 is 0 Å².